The summed E-state index contributed by atoms with van der Waals surface area (Å²) in [6, 6.07) is 3.00. The van der Waals surface area contributed by atoms with E-state index in [0.29, 0.717) is 0 Å². The fraction of sp³-hybridized carbons (Fsp3) is 0.538. The van der Waals surface area contributed by atoms with Crippen LogP contribution in [-0.4, -0.2) is 30.2 Å². The molecule has 0 spiro atoms. The number of hydrogen-bond donors (Lipinski definition) is 0. The summed E-state index contributed by atoms with van der Waals surface area (Å²) in [6.07, 6.45) is 3.33. The molecule has 1 fully saturated rings. The first kappa shape index (κ1) is 15.8. The van der Waals surface area contributed by atoms with E-state index in [2.05, 4.69) is 0 Å². The molecule has 0 N–H and O–H groups in total. The second-order valence-electron chi connectivity index (χ2n) is 4.99. The Kier molecular flexibility index (Phi) is 4.58. The summed E-state index contributed by atoms with van der Waals surface area (Å²) in [7, 11) is -4.08. The third kappa shape index (κ3) is 2.91. The fourth-order valence-electron chi connectivity index (χ4n) is 2.82. The summed E-state index contributed by atoms with van der Waals surface area (Å²) >= 11 is 0. The number of para-hydroxylation sites is 1. The van der Waals surface area contributed by atoms with Gasteiger partial charge in [-0.2, -0.15) is 8.70 Å². The maximum atomic E-state index is 13.7. The van der Waals surface area contributed by atoms with E-state index in [0.717, 1.165) is 37.8 Å². The Morgan fingerprint density at radius 3 is 2.52 bits per heavy atom. The highest BCUT2D eigenvalue weighted by Crippen LogP contribution is 2.33. The molecule has 1 aliphatic carbocycles. The number of hydrogen-bond acceptors (Lipinski definition) is 4. The maximum Gasteiger partial charge on any atom is 0.324 e. The van der Waals surface area contributed by atoms with Crippen LogP contribution in [0.3, 0.4) is 0 Å². The minimum atomic E-state index is -4.08. The lowest BCUT2D eigenvalue weighted by atomic mass is 10.2. The van der Waals surface area contributed by atoms with Crippen LogP contribution in [0.4, 0.5) is 10.1 Å². The highest BCUT2D eigenvalue weighted by Gasteiger charge is 2.37. The molecule has 1 aromatic rings. The molecule has 0 radical (unpaired) electrons. The zero-order valence-corrected chi connectivity index (χ0v) is 12.5. The van der Waals surface area contributed by atoms with E-state index in [9.17, 15) is 22.9 Å². The number of rotatable bonds is 5. The lowest BCUT2D eigenvalue weighted by molar-refractivity contribution is -0.390. The van der Waals surface area contributed by atoms with E-state index in [1.165, 1.54) is 10.4 Å². The molecule has 0 atom stereocenters. The van der Waals surface area contributed by atoms with Gasteiger partial charge in [0.05, 0.1) is 4.92 Å². The molecule has 8 heteroatoms. The molecular weight excluding hydrogens is 299 g/mol. The molecule has 0 aliphatic heterocycles. The van der Waals surface area contributed by atoms with Gasteiger partial charge in [-0.3, -0.25) is 10.1 Å². The highest BCUT2D eigenvalue weighted by atomic mass is 32.2. The Morgan fingerprint density at radius 1 is 1.38 bits per heavy atom. The number of nitro benzene ring substituents is 1. The fourth-order valence-corrected chi connectivity index (χ4v) is 4.69. The van der Waals surface area contributed by atoms with Crippen LogP contribution in [-0.2, 0) is 10.0 Å². The molecule has 0 aromatic heterocycles. The minimum absolute atomic E-state index is 0.164. The van der Waals surface area contributed by atoms with Crippen LogP contribution in [0, 0.1) is 15.9 Å². The molecule has 0 amide bonds. The van der Waals surface area contributed by atoms with Crippen LogP contribution in [0.25, 0.3) is 0 Å². The Morgan fingerprint density at radius 2 is 2.00 bits per heavy atom. The zero-order valence-electron chi connectivity index (χ0n) is 11.7. The molecule has 21 heavy (non-hydrogen) atoms. The molecule has 0 heterocycles. The third-order valence-electron chi connectivity index (χ3n) is 3.76. The quantitative estimate of drug-likeness (QED) is 0.618. The molecular formula is C13H17FN2O4S. The van der Waals surface area contributed by atoms with E-state index in [1.807, 2.05) is 0 Å². The van der Waals surface area contributed by atoms with Crippen molar-refractivity contribution in [3.8, 4) is 0 Å². The van der Waals surface area contributed by atoms with Crippen LogP contribution in [0.15, 0.2) is 23.1 Å². The van der Waals surface area contributed by atoms with Crippen molar-refractivity contribution in [3.05, 3.63) is 34.1 Å². The Labute approximate surface area is 122 Å². The van der Waals surface area contributed by atoms with Gasteiger partial charge in [-0.25, -0.2) is 8.42 Å². The molecule has 1 saturated carbocycles. The molecule has 2 rings (SSSR count). The van der Waals surface area contributed by atoms with Gasteiger partial charge in [0.2, 0.25) is 15.8 Å². The van der Waals surface area contributed by atoms with Gasteiger partial charge in [0.1, 0.15) is 0 Å². The molecule has 1 aliphatic rings. The van der Waals surface area contributed by atoms with Crippen molar-refractivity contribution in [2.45, 2.75) is 43.5 Å². The van der Waals surface area contributed by atoms with Crippen LogP contribution in [0.5, 0.6) is 0 Å². The summed E-state index contributed by atoms with van der Waals surface area (Å²) < 4.78 is 40.3. The Hall–Kier alpha value is -1.54. The van der Waals surface area contributed by atoms with Gasteiger partial charge in [0, 0.05) is 12.6 Å². The van der Waals surface area contributed by atoms with Gasteiger partial charge < -0.3 is 0 Å². The van der Waals surface area contributed by atoms with E-state index in [-0.39, 0.29) is 12.6 Å². The largest absolute Gasteiger partial charge is 0.324 e. The summed E-state index contributed by atoms with van der Waals surface area (Å²) in [6.45, 7) is 1.89. The average Bonchev–Trinajstić information content (AvgIpc) is 2.92. The number of sulfonamides is 1. The smallest absolute Gasteiger partial charge is 0.258 e. The predicted octanol–water partition coefficient (Wildman–Crippen LogP) is 2.69. The second kappa shape index (κ2) is 6.07. The van der Waals surface area contributed by atoms with E-state index < -0.39 is 31.3 Å². The van der Waals surface area contributed by atoms with Crippen LogP contribution >= 0.6 is 0 Å². The monoisotopic (exact) mass is 316 g/mol. The molecule has 1 aromatic carbocycles. The van der Waals surface area contributed by atoms with Crippen molar-refractivity contribution in [1.29, 1.82) is 0 Å². The summed E-state index contributed by atoms with van der Waals surface area (Å²) in [5.74, 6) is -1.14. The average molecular weight is 316 g/mol. The van der Waals surface area contributed by atoms with Gasteiger partial charge in [-0.05, 0) is 25.0 Å². The van der Waals surface area contributed by atoms with Crippen molar-refractivity contribution in [1.82, 2.24) is 4.31 Å². The molecule has 6 nitrogen and oxygen atoms in total. The summed E-state index contributed by atoms with van der Waals surface area (Å²) in [4.78, 5) is 9.45. The summed E-state index contributed by atoms with van der Waals surface area (Å²) in [5.41, 5.74) is -0.978. The van der Waals surface area contributed by atoms with Crippen LogP contribution in [0.1, 0.15) is 32.6 Å². The van der Waals surface area contributed by atoms with Gasteiger partial charge >= 0.3 is 5.69 Å². The molecule has 0 bridgehead atoms. The molecule has 0 unspecified atom stereocenters. The first-order chi connectivity index (χ1) is 9.89. The number of nitrogens with zero attached hydrogens (tertiary/aromatic N) is 2. The van der Waals surface area contributed by atoms with Gasteiger partial charge in [0.25, 0.3) is 0 Å². The van der Waals surface area contributed by atoms with Gasteiger partial charge in [0.15, 0.2) is 4.90 Å². The van der Waals surface area contributed by atoms with Gasteiger partial charge in [-0.1, -0.05) is 25.8 Å². The normalized spacial score (nSPS) is 16.5. The van der Waals surface area contributed by atoms with E-state index >= 15 is 0 Å². The second-order valence-corrected chi connectivity index (χ2v) is 6.85. The van der Waals surface area contributed by atoms with Crippen molar-refractivity contribution in [2.24, 2.45) is 0 Å². The Balaban J connectivity index is 2.53. The number of nitro groups is 1. The van der Waals surface area contributed by atoms with Gasteiger partial charge in [-0.15, -0.1) is 0 Å². The van der Waals surface area contributed by atoms with Crippen molar-refractivity contribution >= 4 is 15.7 Å². The van der Waals surface area contributed by atoms with Crippen molar-refractivity contribution in [3.63, 3.8) is 0 Å². The third-order valence-corrected chi connectivity index (χ3v) is 5.82. The highest BCUT2D eigenvalue weighted by molar-refractivity contribution is 7.89. The maximum absolute atomic E-state index is 13.7. The van der Waals surface area contributed by atoms with Crippen LogP contribution in [0.2, 0.25) is 0 Å². The number of benzene rings is 1. The topological polar surface area (TPSA) is 80.5 Å². The predicted molar refractivity (Wildman–Crippen MR) is 74.9 cm³/mol. The lowest BCUT2D eigenvalue weighted by Crippen LogP contribution is -2.38. The van der Waals surface area contributed by atoms with Crippen molar-refractivity contribution < 1.29 is 17.7 Å². The molecule has 116 valence electrons. The van der Waals surface area contributed by atoms with Crippen LogP contribution < -0.4 is 0 Å². The van der Waals surface area contributed by atoms with Crippen molar-refractivity contribution in [2.75, 3.05) is 6.54 Å². The SMILES string of the molecule is CCN(C1CCCC1)S(=O)(=O)c1cccc(F)c1[N+](=O)[O-]. The standard InChI is InChI=1S/C13H17FN2O4S/c1-2-15(10-6-3-4-7-10)21(19,20)12-9-5-8-11(14)13(12)16(17)18/h5,8-10H,2-4,6-7H2,1H3. The minimum Gasteiger partial charge on any atom is -0.258 e. The lowest BCUT2D eigenvalue weighted by Gasteiger charge is -2.26. The molecule has 0 saturated heterocycles. The van der Waals surface area contributed by atoms with E-state index in [4.69, 9.17) is 0 Å². The summed E-state index contributed by atoms with van der Waals surface area (Å²) in [5, 5.41) is 11.0. The Bertz CT molecular complexity index is 642. The first-order valence-electron chi connectivity index (χ1n) is 6.84. The number of halogens is 1. The first-order valence-corrected chi connectivity index (χ1v) is 8.28. The van der Waals surface area contributed by atoms with E-state index in [1.54, 1.807) is 6.92 Å². The zero-order chi connectivity index (χ0) is 15.6.